The van der Waals surface area contributed by atoms with Crippen LogP contribution in [0.5, 0.6) is 0 Å². The zero-order valence-corrected chi connectivity index (χ0v) is 13.6. The van der Waals surface area contributed by atoms with E-state index in [-0.39, 0.29) is 30.9 Å². The van der Waals surface area contributed by atoms with Crippen molar-refractivity contribution < 1.29 is 39.8 Å². The topological polar surface area (TPSA) is 30.3 Å². The van der Waals surface area contributed by atoms with Gasteiger partial charge in [0.2, 0.25) is 5.54 Å². The number of nitrogens with one attached hydrogen (secondary N) is 1. The Morgan fingerprint density at radius 1 is 1.20 bits per heavy atom. The number of rotatable bonds is 2. The van der Waals surface area contributed by atoms with E-state index in [2.05, 4.69) is 49.5 Å². The van der Waals surface area contributed by atoms with Crippen LogP contribution in [0.25, 0.3) is 0 Å². The second-order valence-electron chi connectivity index (χ2n) is 6.18. The lowest BCUT2D eigenvalue weighted by Crippen LogP contribution is -3.34. The summed E-state index contributed by atoms with van der Waals surface area (Å²) in [4.78, 5) is 1.72. The van der Waals surface area contributed by atoms with Crippen LogP contribution < -0.4 is 35.0 Å². The Bertz CT molecular complexity index is 398. The molecule has 2 aliphatic heterocycles. The summed E-state index contributed by atoms with van der Waals surface area (Å²) in [5, 5.41) is 2.53. The van der Waals surface area contributed by atoms with Crippen molar-refractivity contribution in [3.05, 3.63) is 35.9 Å². The highest BCUT2D eigenvalue weighted by molar-refractivity contribution is 5.17. The van der Waals surface area contributed by atoms with Crippen LogP contribution in [0.15, 0.2) is 30.3 Å². The minimum absolute atomic E-state index is 0. The second-order valence-corrected chi connectivity index (χ2v) is 6.18. The fraction of sp³-hybridized carbons (Fsp3) is 0.600. The molecule has 5 heteroatoms. The smallest absolute Gasteiger partial charge is 0.218 e. The lowest BCUT2D eigenvalue weighted by molar-refractivity contribution is -1.03. The van der Waals surface area contributed by atoms with Gasteiger partial charge in [0.1, 0.15) is 32.3 Å². The van der Waals surface area contributed by atoms with E-state index >= 15 is 0 Å². The molecule has 0 aliphatic carbocycles. The van der Waals surface area contributed by atoms with Gasteiger partial charge in [-0.2, -0.15) is 0 Å². The van der Waals surface area contributed by atoms with Crippen molar-refractivity contribution in [2.75, 3.05) is 26.2 Å². The van der Waals surface area contributed by atoms with Crippen molar-refractivity contribution in [1.82, 2.24) is 0 Å². The molecule has 0 saturated carbocycles. The quantitative estimate of drug-likeness (QED) is 0.558. The third-order valence-electron chi connectivity index (χ3n) is 4.48. The summed E-state index contributed by atoms with van der Waals surface area (Å²) < 4.78 is 6.11. The van der Waals surface area contributed by atoms with Crippen LogP contribution in [0.4, 0.5) is 0 Å². The van der Waals surface area contributed by atoms with Crippen molar-refractivity contribution in [2.24, 2.45) is 0 Å². The Balaban J connectivity index is 0.000001000. The molecule has 3 N–H and O–H groups in total. The molecular weight excluding hydrogens is 295 g/mol. The third kappa shape index (κ3) is 3.46. The first-order chi connectivity index (χ1) is 8.69. The molecule has 1 unspecified atom stereocenters. The summed E-state index contributed by atoms with van der Waals surface area (Å²) in [6, 6.07) is 11.3. The van der Waals surface area contributed by atoms with Crippen molar-refractivity contribution in [1.29, 1.82) is 0 Å². The number of benzene rings is 1. The van der Waals surface area contributed by atoms with Crippen molar-refractivity contribution >= 4 is 0 Å². The molecule has 20 heavy (non-hydrogen) atoms. The Morgan fingerprint density at radius 3 is 2.35 bits per heavy atom. The van der Waals surface area contributed by atoms with Crippen LogP contribution in [0.3, 0.4) is 0 Å². The van der Waals surface area contributed by atoms with Gasteiger partial charge in [-0.3, -0.25) is 0 Å². The summed E-state index contributed by atoms with van der Waals surface area (Å²) >= 11 is 0. The van der Waals surface area contributed by atoms with E-state index in [4.69, 9.17) is 4.74 Å². The maximum Gasteiger partial charge on any atom is 0.218 e. The molecule has 1 atom stereocenters. The van der Waals surface area contributed by atoms with Crippen LogP contribution in [0.1, 0.15) is 25.5 Å². The molecule has 2 fully saturated rings. The summed E-state index contributed by atoms with van der Waals surface area (Å²) in [5.41, 5.74) is 1.70. The summed E-state index contributed by atoms with van der Waals surface area (Å²) in [5.74, 6) is 0. The molecule has 1 aromatic rings. The number of quaternary nitrogens is 2. The molecule has 114 valence electrons. The maximum absolute atomic E-state index is 6.11. The number of likely N-dealkylation sites (tertiary alicyclic amines) is 1. The zero-order chi connectivity index (χ0) is 12.6. The lowest BCUT2D eigenvalue weighted by Gasteiger charge is -2.48. The normalized spacial score (nSPS) is 32.1. The van der Waals surface area contributed by atoms with Crippen molar-refractivity contribution in [3.8, 4) is 0 Å². The van der Waals surface area contributed by atoms with Gasteiger partial charge in [0.15, 0.2) is 0 Å². The average molecular weight is 319 g/mol. The number of nitrogens with two attached hydrogens (primary N) is 1. The predicted octanol–water partition coefficient (Wildman–Crippen LogP) is -6.63. The fourth-order valence-corrected chi connectivity index (χ4v) is 3.16. The molecule has 2 saturated heterocycles. The van der Waals surface area contributed by atoms with Gasteiger partial charge in [-0.25, -0.2) is 0 Å². The average Bonchev–Trinajstić information content (AvgIpc) is 2.37. The first kappa shape index (κ1) is 17.7. The van der Waals surface area contributed by atoms with E-state index in [1.165, 1.54) is 18.7 Å². The molecule has 3 nitrogen and oxygen atoms in total. The van der Waals surface area contributed by atoms with Crippen LogP contribution in [-0.2, 0) is 4.74 Å². The number of hydrogen-bond donors (Lipinski definition) is 2. The van der Waals surface area contributed by atoms with Crippen LogP contribution >= 0.6 is 0 Å². The van der Waals surface area contributed by atoms with Crippen molar-refractivity contribution in [2.45, 2.75) is 31.5 Å². The number of hydrogen-bond acceptors (Lipinski definition) is 1. The summed E-state index contributed by atoms with van der Waals surface area (Å²) in [6.45, 7) is 9.09. The van der Waals surface area contributed by atoms with E-state index in [0.717, 1.165) is 19.2 Å². The van der Waals surface area contributed by atoms with E-state index in [0.29, 0.717) is 5.54 Å². The van der Waals surface area contributed by atoms with Gasteiger partial charge in [0.25, 0.3) is 0 Å². The van der Waals surface area contributed by atoms with Gasteiger partial charge < -0.3 is 39.8 Å². The van der Waals surface area contributed by atoms with Gasteiger partial charge in [-0.05, 0) is 19.4 Å². The molecule has 0 amide bonds. The molecule has 1 spiro atoms. The highest BCUT2D eigenvalue weighted by atomic mass is 35.5. The van der Waals surface area contributed by atoms with Gasteiger partial charge in [-0.15, -0.1) is 0 Å². The Kier molecular flexibility index (Phi) is 6.29. The molecule has 0 bridgehead atoms. The van der Waals surface area contributed by atoms with E-state index < -0.39 is 0 Å². The van der Waals surface area contributed by atoms with E-state index in [9.17, 15) is 0 Å². The molecule has 0 aromatic heterocycles. The monoisotopic (exact) mass is 318 g/mol. The minimum Gasteiger partial charge on any atom is -1.00 e. The first-order valence-electron chi connectivity index (χ1n) is 7.04. The highest BCUT2D eigenvalue weighted by Gasteiger charge is 2.55. The fourth-order valence-electron chi connectivity index (χ4n) is 3.16. The van der Waals surface area contributed by atoms with Crippen molar-refractivity contribution in [3.63, 3.8) is 0 Å². The first-order valence-corrected chi connectivity index (χ1v) is 7.04. The highest BCUT2D eigenvalue weighted by Crippen LogP contribution is 2.20. The van der Waals surface area contributed by atoms with Crippen LogP contribution in [0.2, 0.25) is 0 Å². The predicted molar refractivity (Wildman–Crippen MR) is 70.5 cm³/mol. The summed E-state index contributed by atoms with van der Waals surface area (Å²) in [7, 11) is 0. The Morgan fingerprint density at radius 2 is 1.85 bits per heavy atom. The van der Waals surface area contributed by atoms with Gasteiger partial charge >= 0.3 is 0 Å². The van der Waals surface area contributed by atoms with Crippen LogP contribution in [0, 0.1) is 0 Å². The van der Waals surface area contributed by atoms with Crippen LogP contribution in [-0.4, -0.2) is 37.8 Å². The molecular formula is C15H24Cl2N2O. The standard InChI is InChI=1S/C15H22N2O.2ClH/c1-12(2)17-9-15(10-17)11-18-14(8-16-15)13-6-4-3-5-7-13;;/h3-7,12,14,16H,8-11H2,1-2H3;2*1H. The Hall–Kier alpha value is -0.320. The largest absolute Gasteiger partial charge is 1.00 e. The zero-order valence-electron chi connectivity index (χ0n) is 12.1. The molecule has 1 aromatic carbocycles. The minimum atomic E-state index is 0. The number of halogens is 2. The number of ether oxygens (including phenoxy) is 1. The molecule has 0 radical (unpaired) electrons. The van der Waals surface area contributed by atoms with E-state index in [1.807, 2.05) is 0 Å². The van der Waals surface area contributed by atoms with Gasteiger partial charge in [-0.1, -0.05) is 30.3 Å². The maximum atomic E-state index is 6.11. The Labute approximate surface area is 133 Å². The van der Waals surface area contributed by atoms with Gasteiger partial charge in [0, 0.05) is 0 Å². The molecule has 2 heterocycles. The molecule has 3 rings (SSSR count). The number of morpholine rings is 1. The SMILES string of the molecule is CC(C)[NH+]1CC2(COC(c3ccccc3)C[NH2+]2)C1.[Cl-].[Cl-]. The summed E-state index contributed by atoms with van der Waals surface area (Å²) in [6.07, 6.45) is 0.278. The van der Waals surface area contributed by atoms with Gasteiger partial charge in [0.05, 0.1) is 6.04 Å². The lowest BCUT2D eigenvalue weighted by atomic mass is 9.87. The van der Waals surface area contributed by atoms with E-state index in [1.54, 1.807) is 4.90 Å². The third-order valence-corrected chi connectivity index (χ3v) is 4.48. The second kappa shape index (κ2) is 7.10. The molecule has 2 aliphatic rings.